The van der Waals surface area contributed by atoms with Crippen LogP contribution in [0.5, 0.6) is 0 Å². The molecule has 0 aromatic heterocycles. The average molecular weight is 1020 g/mol. The van der Waals surface area contributed by atoms with Crippen LogP contribution in [0.2, 0.25) is 0 Å². The number of fused-ring (bicyclic) bond motifs is 2. The first kappa shape index (κ1) is 53.2. The summed E-state index contributed by atoms with van der Waals surface area (Å²) in [6.07, 6.45) is 2.90. The Balaban J connectivity index is 0.000000137. The lowest BCUT2D eigenvalue weighted by Crippen LogP contribution is -2.18. The smallest absolute Gasteiger partial charge is 0.0385 e. The highest BCUT2D eigenvalue weighted by Gasteiger charge is 2.24. The number of anilines is 4. The Morgan fingerprint density at radius 1 is 0.215 bits per heavy atom. The number of rotatable bonds is 14. The predicted octanol–water partition coefficient (Wildman–Crippen LogP) is 20.3. The van der Waals surface area contributed by atoms with Crippen molar-refractivity contribution in [1.29, 1.82) is 0 Å². The van der Waals surface area contributed by atoms with Crippen LogP contribution >= 0.6 is 0 Å². The molecule has 79 heavy (non-hydrogen) atoms. The molecule has 0 aliphatic heterocycles. The van der Waals surface area contributed by atoms with Crippen molar-refractivity contribution in [2.24, 2.45) is 0 Å². The molecule has 0 saturated heterocycles. The largest absolute Gasteiger partial charge is 0.356 e. The summed E-state index contributed by atoms with van der Waals surface area (Å²) in [4.78, 5) is 0. The topological polar surface area (TPSA) is 24.1 Å². The zero-order valence-electron chi connectivity index (χ0n) is 46.0. The third-order valence-corrected chi connectivity index (χ3v) is 15.2. The molecule has 12 aromatic carbocycles. The van der Waals surface area contributed by atoms with E-state index in [9.17, 15) is 0 Å². The summed E-state index contributed by atoms with van der Waals surface area (Å²) < 4.78 is 0. The van der Waals surface area contributed by atoms with Crippen LogP contribution < -0.4 is 10.6 Å². The van der Waals surface area contributed by atoms with E-state index in [0.29, 0.717) is 0 Å². The van der Waals surface area contributed by atoms with E-state index >= 15 is 0 Å². The minimum atomic E-state index is 0.00442. The lowest BCUT2D eigenvalue weighted by molar-refractivity contribution is 0.640. The molecule has 0 atom stereocenters. The van der Waals surface area contributed by atoms with Crippen LogP contribution in [0.25, 0.3) is 21.5 Å². The van der Waals surface area contributed by atoms with Gasteiger partial charge in [0.15, 0.2) is 0 Å². The fourth-order valence-corrected chi connectivity index (χ4v) is 10.3. The zero-order chi connectivity index (χ0) is 54.3. The van der Waals surface area contributed by atoms with Crippen LogP contribution in [0, 0.1) is 0 Å². The second-order valence-electron chi connectivity index (χ2n) is 21.6. The van der Waals surface area contributed by atoms with Gasteiger partial charge in [0.25, 0.3) is 0 Å². The van der Waals surface area contributed by atoms with Crippen LogP contribution in [0.1, 0.15) is 83.3 Å². The molecular weight excluding hydrogens is 953 g/mol. The summed E-state index contributed by atoms with van der Waals surface area (Å²) in [5, 5.41) is 12.0. The first-order chi connectivity index (χ1) is 38.6. The molecule has 0 spiro atoms. The Morgan fingerprint density at radius 2 is 0.456 bits per heavy atom. The molecule has 0 fully saturated rings. The molecule has 0 amide bonds. The molecule has 388 valence electrons. The van der Waals surface area contributed by atoms with Gasteiger partial charge in [-0.3, -0.25) is 0 Å². The Morgan fingerprint density at radius 3 is 0.797 bits per heavy atom. The van der Waals surface area contributed by atoms with Crippen molar-refractivity contribution in [3.8, 4) is 0 Å². The van der Waals surface area contributed by atoms with E-state index in [-0.39, 0.29) is 10.8 Å². The SMILES string of the molecule is CC(C)(c1ccccc1)c1ccc(Cc2ccc(C(C)(C)c3ccccc3)cc2)cc1.c1ccc(Nc2ccc(Nc3ccccc3)cc2)cc1.c1ccc2cc(Cc3ccc(Cc4ccc5ccccc5c4)cc3)ccc2c1. The molecule has 0 saturated carbocycles. The van der Waals surface area contributed by atoms with Gasteiger partial charge < -0.3 is 10.6 Å². The first-order valence-corrected chi connectivity index (χ1v) is 27.7. The van der Waals surface area contributed by atoms with Crippen molar-refractivity contribution in [2.45, 2.75) is 57.8 Å². The van der Waals surface area contributed by atoms with Crippen molar-refractivity contribution >= 4 is 44.3 Å². The van der Waals surface area contributed by atoms with Crippen LogP contribution in [-0.2, 0) is 30.1 Å². The lowest BCUT2D eigenvalue weighted by atomic mass is 9.77. The number of hydrogen-bond acceptors (Lipinski definition) is 2. The molecule has 2 nitrogen and oxygen atoms in total. The van der Waals surface area contributed by atoms with Crippen molar-refractivity contribution < 1.29 is 0 Å². The maximum absolute atomic E-state index is 3.37. The van der Waals surface area contributed by atoms with E-state index in [1.807, 2.05) is 36.4 Å². The van der Waals surface area contributed by atoms with E-state index < -0.39 is 0 Å². The number of hydrogen-bond donors (Lipinski definition) is 2. The summed E-state index contributed by atoms with van der Waals surface area (Å²) in [6, 6.07) is 108. The van der Waals surface area contributed by atoms with Gasteiger partial charge in [0.05, 0.1) is 0 Å². The van der Waals surface area contributed by atoms with Gasteiger partial charge in [0.1, 0.15) is 0 Å². The molecule has 12 aromatic rings. The molecule has 2 heteroatoms. The number of benzene rings is 12. The van der Waals surface area contributed by atoms with Gasteiger partial charge in [0.2, 0.25) is 0 Å². The fraction of sp³-hybridized carbons (Fsp3) is 0.117. The van der Waals surface area contributed by atoms with Crippen molar-refractivity contribution in [3.63, 3.8) is 0 Å². The highest BCUT2D eigenvalue weighted by Crippen LogP contribution is 2.34. The van der Waals surface area contributed by atoms with Crippen LogP contribution in [-0.4, -0.2) is 0 Å². The third-order valence-electron chi connectivity index (χ3n) is 15.2. The zero-order valence-corrected chi connectivity index (χ0v) is 46.0. The van der Waals surface area contributed by atoms with Crippen LogP contribution in [0.4, 0.5) is 22.7 Å². The van der Waals surface area contributed by atoms with Crippen molar-refractivity contribution in [2.75, 3.05) is 10.6 Å². The molecule has 0 heterocycles. The van der Waals surface area contributed by atoms with E-state index in [2.05, 4.69) is 305 Å². The Labute approximate surface area is 469 Å². The van der Waals surface area contributed by atoms with Crippen LogP contribution in [0.15, 0.2) is 303 Å². The third kappa shape index (κ3) is 14.2. The van der Waals surface area contributed by atoms with Gasteiger partial charge in [-0.25, -0.2) is 0 Å². The molecule has 2 N–H and O–H groups in total. The van der Waals surface area contributed by atoms with Gasteiger partial charge in [-0.05, 0) is 145 Å². The number of nitrogens with one attached hydrogen (secondary N) is 2. The molecule has 0 aliphatic carbocycles. The summed E-state index contributed by atoms with van der Waals surface area (Å²) in [7, 11) is 0. The predicted molar refractivity (Wildman–Crippen MR) is 339 cm³/mol. The van der Waals surface area contributed by atoms with Crippen LogP contribution in [0.3, 0.4) is 0 Å². The van der Waals surface area contributed by atoms with Gasteiger partial charge in [-0.15, -0.1) is 0 Å². The number of para-hydroxylation sites is 2. The van der Waals surface area contributed by atoms with E-state index in [1.54, 1.807) is 0 Å². The maximum atomic E-state index is 3.37. The van der Waals surface area contributed by atoms with Gasteiger partial charge in [-0.1, -0.05) is 282 Å². The standard InChI is InChI=1S/C31H32.C28H22.C18H16N2/c1-30(2,26-11-7-5-8-12-26)28-19-15-24(16-20-28)23-25-17-21-29(22-18-25)31(3,4)27-13-9-6-10-14-27;1-3-7-27-19-23(13-15-25(27)5-1)17-21-9-11-22(12-10-21)18-24-14-16-26-6-2-4-8-28(26)20-24;1-3-7-15(8-4-1)19-17-11-13-18(14-12-17)20-16-9-5-2-6-10-16/h5-22H,23H2,1-4H3;1-16,19-20H,17-18H2;1-14,19-20H. The summed E-state index contributed by atoms with van der Waals surface area (Å²) >= 11 is 0. The Bertz CT molecular complexity index is 3540. The van der Waals surface area contributed by atoms with E-state index in [0.717, 1.165) is 42.0 Å². The van der Waals surface area contributed by atoms with Crippen molar-refractivity contribution in [1.82, 2.24) is 0 Å². The quantitative estimate of drug-likeness (QED) is 0.113. The molecular formula is C77H70N2. The normalized spacial score (nSPS) is 11.2. The van der Waals surface area contributed by atoms with Gasteiger partial charge in [0, 0.05) is 33.6 Å². The Hall–Kier alpha value is -9.24. The highest BCUT2D eigenvalue weighted by molar-refractivity contribution is 5.84. The first-order valence-electron chi connectivity index (χ1n) is 27.7. The molecule has 12 rings (SSSR count). The van der Waals surface area contributed by atoms with Gasteiger partial charge >= 0.3 is 0 Å². The highest BCUT2D eigenvalue weighted by atomic mass is 14.9. The van der Waals surface area contributed by atoms with Crippen molar-refractivity contribution in [3.05, 3.63) is 359 Å². The van der Waals surface area contributed by atoms with Gasteiger partial charge in [-0.2, -0.15) is 0 Å². The molecule has 0 aliphatic rings. The molecule has 0 unspecified atom stereocenters. The average Bonchev–Trinajstić information content (AvgIpc) is 3.52. The lowest BCUT2D eigenvalue weighted by Gasteiger charge is -2.26. The minimum absolute atomic E-state index is 0.00442. The van der Waals surface area contributed by atoms with E-state index in [4.69, 9.17) is 0 Å². The fourth-order valence-electron chi connectivity index (χ4n) is 10.3. The monoisotopic (exact) mass is 1020 g/mol. The molecule has 0 bridgehead atoms. The summed E-state index contributed by atoms with van der Waals surface area (Å²) in [5.74, 6) is 0. The van der Waals surface area contributed by atoms with E-state index in [1.165, 1.54) is 77.2 Å². The maximum Gasteiger partial charge on any atom is 0.0385 e. The Kier molecular flexibility index (Phi) is 17.0. The second kappa shape index (κ2) is 25.3. The second-order valence-corrected chi connectivity index (χ2v) is 21.6. The summed E-state index contributed by atoms with van der Waals surface area (Å²) in [6.45, 7) is 9.18. The molecule has 0 radical (unpaired) electrons. The minimum Gasteiger partial charge on any atom is -0.356 e. The summed E-state index contributed by atoms with van der Waals surface area (Å²) in [5.41, 5.74) is 17.9.